The van der Waals surface area contributed by atoms with Crippen LogP contribution in [0.4, 0.5) is 0 Å². The monoisotopic (exact) mass is 190 g/mol. The predicted molar refractivity (Wildman–Crippen MR) is 43.5 cm³/mol. The molecule has 2 unspecified atom stereocenters. The number of carbonyl (C=O) groups is 2. The SMILES string of the molecule is CC(=O)OC(C)OC(C)OC(C)=O. The van der Waals surface area contributed by atoms with Gasteiger partial charge in [0.1, 0.15) is 0 Å². The Morgan fingerprint density at radius 3 is 1.46 bits per heavy atom. The highest BCUT2D eigenvalue weighted by Gasteiger charge is 2.12. The van der Waals surface area contributed by atoms with Crippen LogP contribution < -0.4 is 0 Å². The van der Waals surface area contributed by atoms with E-state index in [1.165, 1.54) is 13.8 Å². The molecule has 0 aliphatic heterocycles. The van der Waals surface area contributed by atoms with E-state index < -0.39 is 24.5 Å². The lowest BCUT2D eigenvalue weighted by Gasteiger charge is -2.17. The van der Waals surface area contributed by atoms with Crippen molar-refractivity contribution < 1.29 is 23.8 Å². The molecule has 5 nitrogen and oxygen atoms in total. The van der Waals surface area contributed by atoms with Crippen molar-refractivity contribution in [3.63, 3.8) is 0 Å². The van der Waals surface area contributed by atoms with E-state index in [1.54, 1.807) is 13.8 Å². The molecule has 0 radical (unpaired) electrons. The van der Waals surface area contributed by atoms with Gasteiger partial charge in [-0.15, -0.1) is 0 Å². The first-order chi connectivity index (χ1) is 5.91. The summed E-state index contributed by atoms with van der Waals surface area (Å²) in [5, 5.41) is 0. The van der Waals surface area contributed by atoms with Gasteiger partial charge in [0, 0.05) is 13.8 Å². The van der Waals surface area contributed by atoms with Crippen molar-refractivity contribution in [3.05, 3.63) is 0 Å². The van der Waals surface area contributed by atoms with Crippen molar-refractivity contribution in [2.24, 2.45) is 0 Å². The van der Waals surface area contributed by atoms with Gasteiger partial charge >= 0.3 is 11.9 Å². The molecule has 0 aliphatic rings. The molecular weight excluding hydrogens is 176 g/mol. The Morgan fingerprint density at radius 1 is 0.923 bits per heavy atom. The molecule has 76 valence electrons. The Kier molecular flexibility index (Phi) is 5.06. The van der Waals surface area contributed by atoms with E-state index >= 15 is 0 Å². The van der Waals surface area contributed by atoms with Crippen LogP contribution in [0.2, 0.25) is 0 Å². The molecule has 0 saturated heterocycles. The van der Waals surface area contributed by atoms with Gasteiger partial charge in [-0.3, -0.25) is 9.59 Å². The molecule has 0 aliphatic carbocycles. The number of esters is 2. The van der Waals surface area contributed by atoms with Crippen LogP contribution in [-0.2, 0) is 23.8 Å². The van der Waals surface area contributed by atoms with Crippen molar-refractivity contribution in [1.29, 1.82) is 0 Å². The molecule has 0 fully saturated rings. The van der Waals surface area contributed by atoms with Gasteiger partial charge in [-0.1, -0.05) is 0 Å². The molecule has 0 aromatic rings. The minimum atomic E-state index is -0.716. The second-order valence-corrected chi connectivity index (χ2v) is 2.49. The van der Waals surface area contributed by atoms with Crippen LogP contribution in [0, 0.1) is 0 Å². The minimum absolute atomic E-state index is 0.442. The second kappa shape index (κ2) is 5.53. The first-order valence-corrected chi connectivity index (χ1v) is 3.91. The highest BCUT2D eigenvalue weighted by Crippen LogP contribution is 2.01. The van der Waals surface area contributed by atoms with Crippen LogP contribution in [0.3, 0.4) is 0 Å². The normalized spacial score (nSPS) is 14.5. The van der Waals surface area contributed by atoms with Crippen LogP contribution in [0.5, 0.6) is 0 Å². The average molecular weight is 190 g/mol. The topological polar surface area (TPSA) is 61.8 Å². The van der Waals surface area contributed by atoms with E-state index in [0.29, 0.717) is 0 Å². The number of carbonyl (C=O) groups excluding carboxylic acids is 2. The van der Waals surface area contributed by atoms with Gasteiger partial charge in [0.2, 0.25) is 12.6 Å². The number of hydrogen-bond donors (Lipinski definition) is 0. The highest BCUT2D eigenvalue weighted by atomic mass is 16.8. The van der Waals surface area contributed by atoms with E-state index in [4.69, 9.17) is 4.74 Å². The first kappa shape index (κ1) is 11.9. The fourth-order valence-electron chi connectivity index (χ4n) is 0.793. The molecule has 0 bridgehead atoms. The van der Waals surface area contributed by atoms with Crippen LogP contribution >= 0.6 is 0 Å². The number of hydrogen-bond acceptors (Lipinski definition) is 5. The average Bonchev–Trinajstić information content (AvgIpc) is 1.80. The second-order valence-electron chi connectivity index (χ2n) is 2.49. The zero-order valence-electron chi connectivity index (χ0n) is 8.20. The maximum absolute atomic E-state index is 10.4. The van der Waals surface area contributed by atoms with Gasteiger partial charge in [0.05, 0.1) is 0 Å². The maximum Gasteiger partial charge on any atom is 0.304 e. The van der Waals surface area contributed by atoms with Crippen molar-refractivity contribution in [1.82, 2.24) is 0 Å². The number of rotatable bonds is 4. The quantitative estimate of drug-likeness (QED) is 0.485. The van der Waals surface area contributed by atoms with Crippen molar-refractivity contribution in [2.75, 3.05) is 0 Å². The Bertz CT molecular complexity index is 169. The standard InChI is InChI=1S/C8H14O5/c1-5(9)11-7(3)13-8(4)12-6(2)10/h7-8H,1-4H3. The molecule has 0 aromatic heterocycles. The predicted octanol–water partition coefficient (Wildman–Crippen LogP) is 0.821. The highest BCUT2D eigenvalue weighted by molar-refractivity contribution is 5.66. The molecule has 0 saturated carbocycles. The molecule has 0 heterocycles. The Morgan fingerprint density at radius 2 is 1.23 bits per heavy atom. The van der Waals surface area contributed by atoms with E-state index in [1.807, 2.05) is 0 Å². The molecule has 2 atom stereocenters. The zero-order chi connectivity index (χ0) is 10.4. The summed E-state index contributed by atoms with van der Waals surface area (Å²) >= 11 is 0. The fraction of sp³-hybridized carbons (Fsp3) is 0.750. The molecule has 0 amide bonds. The van der Waals surface area contributed by atoms with E-state index in [0.717, 1.165) is 0 Å². The summed E-state index contributed by atoms with van der Waals surface area (Å²) in [7, 11) is 0. The summed E-state index contributed by atoms with van der Waals surface area (Å²) in [6.07, 6.45) is -1.43. The Hall–Kier alpha value is -1.10. The zero-order valence-corrected chi connectivity index (χ0v) is 8.20. The van der Waals surface area contributed by atoms with Crippen molar-refractivity contribution in [3.8, 4) is 0 Å². The molecule has 0 spiro atoms. The molecule has 0 rings (SSSR count). The summed E-state index contributed by atoms with van der Waals surface area (Å²) < 4.78 is 14.3. The van der Waals surface area contributed by atoms with Crippen LogP contribution in [-0.4, -0.2) is 24.5 Å². The Labute approximate surface area is 77.0 Å². The van der Waals surface area contributed by atoms with Gasteiger partial charge in [0.15, 0.2) is 0 Å². The van der Waals surface area contributed by atoms with Crippen molar-refractivity contribution >= 4 is 11.9 Å². The van der Waals surface area contributed by atoms with Gasteiger partial charge in [-0.2, -0.15) is 0 Å². The third-order valence-corrected chi connectivity index (χ3v) is 1.05. The van der Waals surface area contributed by atoms with Crippen LogP contribution in [0.25, 0.3) is 0 Å². The lowest BCUT2D eigenvalue weighted by molar-refractivity contribution is -0.225. The maximum atomic E-state index is 10.4. The Balaban J connectivity index is 3.70. The van der Waals surface area contributed by atoms with Gasteiger partial charge in [-0.05, 0) is 13.8 Å². The molecule has 0 N–H and O–H groups in total. The third kappa shape index (κ3) is 7.27. The largest absolute Gasteiger partial charge is 0.436 e. The number of ether oxygens (including phenoxy) is 3. The van der Waals surface area contributed by atoms with Crippen LogP contribution in [0.15, 0.2) is 0 Å². The first-order valence-electron chi connectivity index (χ1n) is 3.91. The van der Waals surface area contributed by atoms with Gasteiger partial charge < -0.3 is 14.2 Å². The smallest absolute Gasteiger partial charge is 0.304 e. The molecule has 13 heavy (non-hydrogen) atoms. The fourth-order valence-corrected chi connectivity index (χ4v) is 0.793. The molecule has 0 aromatic carbocycles. The summed E-state index contributed by atoms with van der Waals surface area (Å²) in [4.78, 5) is 20.9. The third-order valence-electron chi connectivity index (χ3n) is 1.05. The molecule has 5 heteroatoms. The van der Waals surface area contributed by atoms with E-state index in [2.05, 4.69) is 9.47 Å². The summed E-state index contributed by atoms with van der Waals surface area (Å²) in [5.41, 5.74) is 0. The van der Waals surface area contributed by atoms with Crippen LogP contribution in [0.1, 0.15) is 27.7 Å². The van der Waals surface area contributed by atoms with Gasteiger partial charge in [0.25, 0.3) is 0 Å². The lowest BCUT2D eigenvalue weighted by Crippen LogP contribution is -2.25. The van der Waals surface area contributed by atoms with Gasteiger partial charge in [-0.25, -0.2) is 0 Å². The summed E-state index contributed by atoms with van der Waals surface area (Å²) in [5.74, 6) is -0.884. The molecular formula is C8H14O5. The minimum Gasteiger partial charge on any atom is -0.436 e. The lowest BCUT2D eigenvalue weighted by atomic mass is 10.6. The van der Waals surface area contributed by atoms with E-state index in [-0.39, 0.29) is 0 Å². The summed E-state index contributed by atoms with van der Waals surface area (Å²) in [6.45, 7) is 5.63. The summed E-state index contributed by atoms with van der Waals surface area (Å²) in [6, 6.07) is 0. The van der Waals surface area contributed by atoms with Crippen molar-refractivity contribution in [2.45, 2.75) is 40.3 Å². The van der Waals surface area contributed by atoms with E-state index in [9.17, 15) is 9.59 Å².